The maximum Gasteiger partial charge on any atom is 0.241 e. The van der Waals surface area contributed by atoms with Gasteiger partial charge in [0.1, 0.15) is 0 Å². The number of nitrogens with two attached hydrogens (primary N) is 1. The third-order valence-electron chi connectivity index (χ3n) is 4.42. The molecule has 1 aromatic carbocycles. The van der Waals surface area contributed by atoms with Gasteiger partial charge in [-0.25, -0.2) is 0 Å². The molecule has 2 rings (SSSR count). The number of anilines is 2. The average Bonchev–Trinajstić information content (AvgIpc) is 2.54. The standard InChI is InChI=1S/C17H27N3O/c1-3-13(2)16(18)17(21)19-14-9-5-6-10-15(14)20-11-7-4-8-12-20/h5-6,9-10,13,16H,3-4,7-8,11-12,18H2,1-2H3,(H,19,21)/t13?,16-/m0/s1. The van der Waals surface area contributed by atoms with E-state index in [1.54, 1.807) is 0 Å². The highest BCUT2D eigenvalue weighted by molar-refractivity contribution is 5.97. The smallest absolute Gasteiger partial charge is 0.241 e. The summed E-state index contributed by atoms with van der Waals surface area (Å²) in [5, 5.41) is 3.02. The van der Waals surface area contributed by atoms with Gasteiger partial charge < -0.3 is 16.0 Å². The summed E-state index contributed by atoms with van der Waals surface area (Å²) in [6.45, 7) is 6.19. The van der Waals surface area contributed by atoms with Crippen molar-refractivity contribution in [1.82, 2.24) is 0 Å². The van der Waals surface area contributed by atoms with Crippen LogP contribution in [-0.4, -0.2) is 25.0 Å². The first-order valence-electron chi connectivity index (χ1n) is 8.04. The number of carbonyl (C=O) groups excluding carboxylic acids is 1. The molecular formula is C17H27N3O. The van der Waals surface area contributed by atoms with E-state index in [1.807, 2.05) is 25.1 Å². The molecule has 0 radical (unpaired) electrons. The van der Waals surface area contributed by atoms with Crippen LogP contribution in [0.5, 0.6) is 0 Å². The van der Waals surface area contributed by atoms with Crippen molar-refractivity contribution in [2.24, 2.45) is 11.7 Å². The Morgan fingerprint density at radius 2 is 1.95 bits per heavy atom. The molecule has 1 aliphatic rings. The normalized spacial score (nSPS) is 18.1. The summed E-state index contributed by atoms with van der Waals surface area (Å²) in [5.74, 6) is 0.0981. The molecule has 21 heavy (non-hydrogen) atoms. The van der Waals surface area contributed by atoms with Gasteiger partial charge in [-0.2, -0.15) is 0 Å². The van der Waals surface area contributed by atoms with Gasteiger partial charge in [-0.1, -0.05) is 32.4 Å². The Morgan fingerprint density at radius 1 is 1.29 bits per heavy atom. The summed E-state index contributed by atoms with van der Waals surface area (Å²) >= 11 is 0. The molecule has 4 nitrogen and oxygen atoms in total. The molecule has 1 aliphatic heterocycles. The molecule has 1 heterocycles. The molecule has 0 aromatic heterocycles. The summed E-state index contributed by atoms with van der Waals surface area (Å²) in [4.78, 5) is 14.6. The van der Waals surface area contributed by atoms with Crippen molar-refractivity contribution >= 4 is 17.3 Å². The highest BCUT2D eigenvalue weighted by Gasteiger charge is 2.21. The molecule has 1 amide bonds. The van der Waals surface area contributed by atoms with Crippen LogP contribution in [-0.2, 0) is 4.79 Å². The van der Waals surface area contributed by atoms with Crippen LogP contribution < -0.4 is 16.0 Å². The molecule has 1 saturated heterocycles. The Labute approximate surface area is 127 Å². The van der Waals surface area contributed by atoms with Crippen molar-refractivity contribution in [2.45, 2.75) is 45.6 Å². The van der Waals surface area contributed by atoms with E-state index >= 15 is 0 Å². The van der Waals surface area contributed by atoms with Crippen LogP contribution >= 0.6 is 0 Å². The lowest BCUT2D eigenvalue weighted by Crippen LogP contribution is -2.41. The average molecular weight is 289 g/mol. The van der Waals surface area contributed by atoms with Gasteiger partial charge in [0.15, 0.2) is 0 Å². The van der Waals surface area contributed by atoms with Crippen LogP contribution in [0.25, 0.3) is 0 Å². The van der Waals surface area contributed by atoms with Gasteiger partial charge in [-0.3, -0.25) is 4.79 Å². The molecule has 116 valence electrons. The van der Waals surface area contributed by atoms with E-state index in [1.165, 1.54) is 19.3 Å². The first-order valence-corrected chi connectivity index (χ1v) is 8.04. The highest BCUT2D eigenvalue weighted by Crippen LogP contribution is 2.28. The zero-order valence-corrected chi connectivity index (χ0v) is 13.1. The lowest BCUT2D eigenvalue weighted by molar-refractivity contribution is -0.118. The SMILES string of the molecule is CCC(C)[C@H](N)C(=O)Nc1ccccc1N1CCCCC1. The topological polar surface area (TPSA) is 58.4 Å². The molecule has 0 saturated carbocycles. The molecule has 0 bridgehead atoms. The Bertz CT molecular complexity index is 469. The van der Waals surface area contributed by atoms with Gasteiger partial charge >= 0.3 is 0 Å². The Hall–Kier alpha value is -1.55. The highest BCUT2D eigenvalue weighted by atomic mass is 16.2. The maximum absolute atomic E-state index is 12.3. The van der Waals surface area contributed by atoms with Gasteiger partial charge in [0.2, 0.25) is 5.91 Å². The summed E-state index contributed by atoms with van der Waals surface area (Å²) in [5.41, 5.74) is 8.01. The zero-order chi connectivity index (χ0) is 15.2. The van der Waals surface area contributed by atoms with Crippen LogP contribution in [0.2, 0.25) is 0 Å². The van der Waals surface area contributed by atoms with E-state index in [0.717, 1.165) is 30.9 Å². The Balaban J connectivity index is 2.11. The van der Waals surface area contributed by atoms with Gasteiger partial charge in [0.05, 0.1) is 17.4 Å². The largest absolute Gasteiger partial charge is 0.370 e. The summed E-state index contributed by atoms with van der Waals surface area (Å²) in [7, 11) is 0. The molecule has 3 N–H and O–H groups in total. The molecule has 4 heteroatoms. The van der Waals surface area contributed by atoms with Crippen molar-refractivity contribution in [2.75, 3.05) is 23.3 Å². The first-order chi connectivity index (χ1) is 10.1. The first kappa shape index (κ1) is 15.8. The predicted octanol–water partition coefficient (Wildman–Crippen LogP) is 2.99. The van der Waals surface area contributed by atoms with Gasteiger partial charge in [0.25, 0.3) is 0 Å². The number of hydrogen-bond donors (Lipinski definition) is 2. The molecular weight excluding hydrogens is 262 g/mol. The number of hydrogen-bond acceptors (Lipinski definition) is 3. The van der Waals surface area contributed by atoms with Crippen LogP contribution in [0.4, 0.5) is 11.4 Å². The monoisotopic (exact) mass is 289 g/mol. The van der Waals surface area contributed by atoms with E-state index < -0.39 is 6.04 Å². The second-order valence-electron chi connectivity index (χ2n) is 5.97. The predicted molar refractivity (Wildman–Crippen MR) is 88.6 cm³/mol. The second kappa shape index (κ2) is 7.46. The van der Waals surface area contributed by atoms with Crippen molar-refractivity contribution in [3.8, 4) is 0 Å². The fraction of sp³-hybridized carbons (Fsp3) is 0.588. The lowest BCUT2D eigenvalue weighted by atomic mass is 9.99. The van der Waals surface area contributed by atoms with E-state index in [-0.39, 0.29) is 11.8 Å². The van der Waals surface area contributed by atoms with Gasteiger partial charge in [0, 0.05) is 13.1 Å². The van der Waals surface area contributed by atoms with Crippen molar-refractivity contribution in [3.05, 3.63) is 24.3 Å². The van der Waals surface area contributed by atoms with E-state index in [0.29, 0.717) is 0 Å². The van der Waals surface area contributed by atoms with Crippen LogP contribution in [0.1, 0.15) is 39.5 Å². The third-order valence-corrected chi connectivity index (χ3v) is 4.42. The number of carbonyl (C=O) groups is 1. The molecule has 1 fully saturated rings. The van der Waals surface area contributed by atoms with Crippen LogP contribution in [0, 0.1) is 5.92 Å². The number of nitrogens with one attached hydrogen (secondary N) is 1. The number of benzene rings is 1. The maximum atomic E-state index is 12.3. The summed E-state index contributed by atoms with van der Waals surface area (Å²) in [6, 6.07) is 7.57. The summed E-state index contributed by atoms with van der Waals surface area (Å²) in [6.07, 6.45) is 4.63. The third kappa shape index (κ3) is 3.97. The van der Waals surface area contributed by atoms with E-state index in [2.05, 4.69) is 23.2 Å². The molecule has 1 aromatic rings. The zero-order valence-electron chi connectivity index (χ0n) is 13.1. The number of amides is 1. The molecule has 0 aliphatic carbocycles. The number of piperidine rings is 1. The molecule has 1 unspecified atom stereocenters. The van der Waals surface area contributed by atoms with Gasteiger partial charge in [-0.15, -0.1) is 0 Å². The number of nitrogens with zero attached hydrogens (tertiary/aromatic N) is 1. The molecule has 2 atom stereocenters. The minimum absolute atomic E-state index is 0.0891. The fourth-order valence-corrected chi connectivity index (χ4v) is 2.72. The lowest BCUT2D eigenvalue weighted by Gasteiger charge is -2.31. The van der Waals surface area contributed by atoms with Crippen LogP contribution in [0.15, 0.2) is 24.3 Å². The second-order valence-corrected chi connectivity index (χ2v) is 5.97. The minimum atomic E-state index is -0.454. The van der Waals surface area contributed by atoms with Crippen molar-refractivity contribution in [3.63, 3.8) is 0 Å². The summed E-state index contributed by atoms with van der Waals surface area (Å²) < 4.78 is 0. The fourth-order valence-electron chi connectivity index (χ4n) is 2.72. The van der Waals surface area contributed by atoms with Crippen molar-refractivity contribution in [1.29, 1.82) is 0 Å². The van der Waals surface area contributed by atoms with Crippen molar-refractivity contribution < 1.29 is 4.79 Å². The van der Waals surface area contributed by atoms with Gasteiger partial charge in [-0.05, 0) is 37.3 Å². The Kier molecular flexibility index (Phi) is 5.62. The molecule has 0 spiro atoms. The quantitative estimate of drug-likeness (QED) is 0.876. The van der Waals surface area contributed by atoms with E-state index in [9.17, 15) is 4.79 Å². The number of rotatable bonds is 5. The minimum Gasteiger partial charge on any atom is -0.370 e. The Morgan fingerprint density at radius 3 is 2.62 bits per heavy atom. The van der Waals surface area contributed by atoms with E-state index in [4.69, 9.17) is 5.73 Å². The number of para-hydroxylation sites is 2. The van der Waals surface area contributed by atoms with Crippen LogP contribution in [0.3, 0.4) is 0 Å².